The van der Waals surface area contributed by atoms with Gasteiger partial charge in [0, 0.05) is 11.4 Å². The summed E-state index contributed by atoms with van der Waals surface area (Å²) in [7, 11) is 1.65. The monoisotopic (exact) mass is 392 g/mol. The average molecular weight is 393 g/mol. The van der Waals surface area contributed by atoms with Crippen molar-refractivity contribution in [2.24, 2.45) is 0 Å². The molecule has 7 heteroatoms. The Morgan fingerprint density at radius 3 is 2.54 bits per heavy atom. The number of thiocarbonyl (C=S) groups is 1. The van der Waals surface area contributed by atoms with Crippen LogP contribution in [0.15, 0.2) is 24.3 Å². The summed E-state index contributed by atoms with van der Waals surface area (Å²) in [5.41, 5.74) is 2.68. The molecule has 0 unspecified atom stereocenters. The number of rotatable bonds is 7. The first-order chi connectivity index (χ1) is 12.5. The molecule has 0 saturated heterocycles. The summed E-state index contributed by atoms with van der Waals surface area (Å²) in [4.78, 5) is 13.3. The Labute approximate surface area is 163 Å². The summed E-state index contributed by atoms with van der Waals surface area (Å²) in [6.07, 6.45) is 0.832. The zero-order valence-corrected chi connectivity index (χ0v) is 17.1. The molecule has 0 aliphatic carbocycles. The Kier molecular flexibility index (Phi) is 7.41. The van der Waals surface area contributed by atoms with Gasteiger partial charge in [-0.05, 0) is 62.7 Å². The zero-order chi connectivity index (χ0) is 19.1. The topological polar surface area (TPSA) is 59.6 Å². The number of aryl methyl sites for hydroxylation is 1. The second kappa shape index (κ2) is 9.54. The van der Waals surface area contributed by atoms with E-state index in [9.17, 15) is 4.79 Å². The molecule has 2 N–H and O–H groups in total. The average Bonchev–Trinajstić information content (AvgIpc) is 2.89. The number of thiophene rings is 1. The van der Waals surface area contributed by atoms with Gasteiger partial charge in [0.15, 0.2) is 5.11 Å². The smallest absolute Gasteiger partial charge is 0.341 e. The van der Waals surface area contributed by atoms with Crippen LogP contribution in [0.4, 0.5) is 5.00 Å². The van der Waals surface area contributed by atoms with Crippen LogP contribution in [-0.4, -0.2) is 31.3 Å². The number of benzene rings is 1. The molecule has 0 radical (unpaired) electrons. The predicted molar refractivity (Wildman–Crippen MR) is 111 cm³/mol. The van der Waals surface area contributed by atoms with Crippen molar-refractivity contribution in [1.82, 2.24) is 5.32 Å². The quantitative estimate of drug-likeness (QED) is 0.547. The molecule has 1 heterocycles. The van der Waals surface area contributed by atoms with Crippen LogP contribution >= 0.6 is 23.6 Å². The van der Waals surface area contributed by atoms with Crippen molar-refractivity contribution in [3.8, 4) is 5.75 Å². The first-order valence-electron chi connectivity index (χ1n) is 8.41. The van der Waals surface area contributed by atoms with Gasteiger partial charge in [-0.1, -0.05) is 12.1 Å². The molecule has 5 nitrogen and oxygen atoms in total. The van der Waals surface area contributed by atoms with E-state index in [0.717, 1.165) is 27.6 Å². The van der Waals surface area contributed by atoms with E-state index >= 15 is 0 Å². The zero-order valence-electron chi connectivity index (χ0n) is 15.5. The van der Waals surface area contributed by atoms with Crippen molar-refractivity contribution in [3.05, 3.63) is 45.8 Å². The van der Waals surface area contributed by atoms with Crippen molar-refractivity contribution in [2.75, 3.05) is 25.6 Å². The molecule has 0 aliphatic heterocycles. The van der Waals surface area contributed by atoms with E-state index in [1.807, 2.05) is 38.1 Å². The third kappa shape index (κ3) is 5.19. The van der Waals surface area contributed by atoms with Crippen LogP contribution in [0.5, 0.6) is 5.75 Å². The van der Waals surface area contributed by atoms with Gasteiger partial charge in [0.25, 0.3) is 0 Å². The molecule has 0 aliphatic rings. The Hall–Kier alpha value is -2.12. The maximum atomic E-state index is 12.2. The Morgan fingerprint density at radius 1 is 1.23 bits per heavy atom. The largest absolute Gasteiger partial charge is 0.497 e. The van der Waals surface area contributed by atoms with Gasteiger partial charge in [-0.25, -0.2) is 4.79 Å². The van der Waals surface area contributed by atoms with Gasteiger partial charge in [0.1, 0.15) is 10.8 Å². The standard InChI is InChI=1S/C19H24N2O3S2/c1-5-24-18(22)16-12(2)13(3)26-17(16)21-19(25)20-11-10-14-6-8-15(23-4)9-7-14/h6-9H,5,10-11H2,1-4H3,(H2,20,21,25). The van der Waals surface area contributed by atoms with Gasteiger partial charge in [0.2, 0.25) is 0 Å². The number of ether oxygens (including phenoxy) is 2. The summed E-state index contributed by atoms with van der Waals surface area (Å²) >= 11 is 6.87. The first kappa shape index (κ1) is 20.2. The van der Waals surface area contributed by atoms with Gasteiger partial charge in [-0.15, -0.1) is 11.3 Å². The summed E-state index contributed by atoms with van der Waals surface area (Å²) in [5.74, 6) is 0.520. The highest BCUT2D eigenvalue weighted by Crippen LogP contribution is 2.32. The number of anilines is 1. The van der Waals surface area contributed by atoms with E-state index in [2.05, 4.69) is 10.6 Å². The summed E-state index contributed by atoms with van der Waals surface area (Å²) < 4.78 is 10.3. The highest BCUT2D eigenvalue weighted by Gasteiger charge is 2.21. The maximum Gasteiger partial charge on any atom is 0.341 e. The fourth-order valence-corrected chi connectivity index (χ4v) is 3.75. The maximum absolute atomic E-state index is 12.2. The van der Waals surface area contributed by atoms with E-state index in [0.29, 0.717) is 23.8 Å². The lowest BCUT2D eigenvalue weighted by Crippen LogP contribution is -2.30. The van der Waals surface area contributed by atoms with E-state index in [4.69, 9.17) is 21.7 Å². The van der Waals surface area contributed by atoms with Gasteiger partial charge < -0.3 is 20.1 Å². The molecule has 2 rings (SSSR count). The molecule has 0 amide bonds. The number of esters is 1. The number of methoxy groups -OCH3 is 1. The summed E-state index contributed by atoms with van der Waals surface area (Å²) in [6, 6.07) is 7.94. The number of hydrogen-bond acceptors (Lipinski definition) is 5. The molecule has 0 spiro atoms. The highest BCUT2D eigenvalue weighted by molar-refractivity contribution is 7.80. The SMILES string of the molecule is CCOC(=O)c1c(NC(=S)NCCc2ccc(OC)cc2)sc(C)c1C. The Morgan fingerprint density at radius 2 is 1.92 bits per heavy atom. The molecule has 1 aromatic carbocycles. The molecule has 26 heavy (non-hydrogen) atoms. The molecule has 1 aromatic heterocycles. The van der Waals surface area contributed by atoms with E-state index in [1.54, 1.807) is 14.0 Å². The van der Waals surface area contributed by atoms with E-state index in [-0.39, 0.29) is 5.97 Å². The molecular weight excluding hydrogens is 368 g/mol. The van der Waals surface area contributed by atoms with Crippen LogP contribution in [-0.2, 0) is 11.2 Å². The van der Waals surface area contributed by atoms with Crippen LogP contribution < -0.4 is 15.4 Å². The van der Waals surface area contributed by atoms with Crippen LogP contribution in [0.25, 0.3) is 0 Å². The Bertz CT molecular complexity index is 770. The van der Waals surface area contributed by atoms with E-state index in [1.165, 1.54) is 16.9 Å². The van der Waals surface area contributed by atoms with Crippen LogP contribution in [0.3, 0.4) is 0 Å². The normalized spacial score (nSPS) is 10.3. The molecule has 2 aromatic rings. The minimum Gasteiger partial charge on any atom is -0.497 e. The summed E-state index contributed by atoms with van der Waals surface area (Å²) in [5, 5.41) is 7.53. The predicted octanol–water partition coefficient (Wildman–Crippen LogP) is 4.08. The number of carbonyl (C=O) groups excluding carboxylic acids is 1. The highest BCUT2D eigenvalue weighted by atomic mass is 32.1. The van der Waals surface area contributed by atoms with Crippen LogP contribution in [0, 0.1) is 13.8 Å². The fourth-order valence-electron chi connectivity index (χ4n) is 2.42. The van der Waals surface area contributed by atoms with E-state index < -0.39 is 0 Å². The number of carbonyl (C=O) groups is 1. The van der Waals surface area contributed by atoms with Crippen molar-refractivity contribution in [1.29, 1.82) is 0 Å². The van der Waals surface area contributed by atoms with Crippen LogP contribution in [0.1, 0.15) is 33.3 Å². The molecule has 0 atom stereocenters. The Balaban J connectivity index is 1.93. The minimum atomic E-state index is -0.321. The van der Waals surface area contributed by atoms with Gasteiger partial charge in [-0.2, -0.15) is 0 Å². The molecular formula is C19H24N2O3S2. The van der Waals surface area contributed by atoms with Gasteiger partial charge in [0.05, 0.1) is 19.3 Å². The number of nitrogens with one attached hydrogen (secondary N) is 2. The molecule has 0 saturated carbocycles. The van der Waals surface area contributed by atoms with Crippen LogP contribution in [0.2, 0.25) is 0 Å². The third-order valence-corrected chi connectivity index (χ3v) is 5.32. The molecule has 0 fully saturated rings. The van der Waals surface area contributed by atoms with Gasteiger partial charge in [-0.3, -0.25) is 0 Å². The minimum absolute atomic E-state index is 0.321. The summed E-state index contributed by atoms with van der Waals surface area (Å²) in [6.45, 7) is 6.73. The van der Waals surface area contributed by atoms with Crippen molar-refractivity contribution < 1.29 is 14.3 Å². The lowest BCUT2D eigenvalue weighted by atomic mass is 10.1. The van der Waals surface area contributed by atoms with Gasteiger partial charge >= 0.3 is 5.97 Å². The molecule has 0 bridgehead atoms. The second-order valence-corrected chi connectivity index (χ2v) is 7.32. The fraction of sp³-hybridized carbons (Fsp3) is 0.368. The lowest BCUT2D eigenvalue weighted by molar-refractivity contribution is 0.0527. The van der Waals surface area contributed by atoms with Crippen molar-refractivity contribution >= 4 is 39.6 Å². The first-order valence-corrected chi connectivity index (χ1v) is 9.63. The number of hydrogen-bond donors (Lipinski definition) is 2. The third-order valence-electron chi connectivity index (χ3n) is 3.95. The van der Waals surface area contributed by atoms with Crippen molar-refractivity contribution in [2.45, 2.75) is 27.2 Å². The second-order valence-electron chi connectivity index (χ2n) is 5.69. The lowest BCUT2D eigenvalue weighted by Gasteiger charge is -2.11. The molecule has 140 valence electrons. The van der Waals surface area contributed by atoms with Crippen molar-refractivity contribution in [3.63, 3.8) is 0 Å².